The maximum atomic E-state index is 12.5. The molecule has 1 saturated heterocycles. The van der Waals surface area contributed by atoms with E-state index < -0.39 is 11.7 Å². The third kappa shape index (κ3) is 7.28. The summed E-state index contributed by atoms with van der Waals surface area (Å²) in [5.74, 6) is 0.190. The van der Waals surface area contributed by atoms with Crippen LogP contribution in [0.25, 0.3) is 0 Å². The molecule has 6 nitrogen and oxygen atoms in total. The molecule has 156 valence electrons. The van der Waals surface area contributed by atoms with Gasteiger partial charge in [0.1, 0.15) is 0 Å². The van der Waals surface area contributed by atoms with Gasteiger partial charge in [-0.2, -0.15) is 13.2 Å². The van der Waals surface area contributed by atoms with Crippen LogP contribution in [-0.2, 0) is 22.2 Å². The lowest BCUT2D eigenvalue weighted by atomic mass is 10.1. The maximum Gasteiger partial charge on any atom is 0.416 e. The summed E-state index contributed by atoms with van der Waals surface area (Å²) >= 11 is 0. The number of nitrogens with zero attached hydrogens (tertiary/aromatic N) is 2. The Morgan fingerprint density at radius 1 is 1.07 bits per heavy atom. The Bertz CT molecular complexity index is 677. The molecular weight excluding hydrogens is 488 g/mol. The van der Waals surface area contributed by atoms with E-state index in [1.807, 2.05) is 0 Å². The average Bonchev–Trinajstić information content (AvgIpc) is 2.62. The van der Waals surface area contributed by atoms with E-state index in [1.165, 1.54) is 17.0 Å². The molecule has 2 rings (SSSR count). The van der Waals surface area contributed by atoms with Crippen molar-refractivity contribution in [2.24, 2.45) is 4.99 Å². The Morgan fingerprint density at radius 2 is 1.64 bits per heavy atom. The molecule has 0 saturated carbocycles. The van der Waals surface area contributed by atoms with Gasteiger partial charge in [-0.15, -0.1) is 24.0 Å². The molecule has 2 N–H and O–H groups in total. The zero-order chi connectivity index (χ0) is 19.9. The number of rotatable bonds is 6. The summed E-state index contributed by atoms with van der Waals surface area (Å²) in [6, 6.07) is 5.03. The van der Waals surface area contributed by atoms with Crippen molar-refractivity contribution >= 4 is 41.8 Å². The number of likely N-dealkylation sites (tertiary alicyclic amines) is 1. The molecule has 1 fully saturated rings. The number of hydrogen-bond donors (Lipinski definition) is 2. The second kappa shape index (κ2) is 11.2. The fourth-order valence-corrected chi connectivity index (χ4v) is 2.74. The van der Waals surface area contributed by atoms with Gasteiger partial charge in [-0.3, -0.25) is 19.5 Å². The van der Waals surface area contributed by atoms with Crippen LogP contribution >= 0.6 is 24.0 Å². The van der Waals surface area contributed by atoms with Crippen molar-refractivity contribution in [3.8, 4) is 0 Å². The first kappa shape index (κ1) is 24.2. The first-order valence-electron chi connectivity index (χ1n) is 8.75. The first-order valence-corrected chi connectivity index (χ1v) is 8.75. The topological polar surface area (TPSA) is 73.8 Å². The fourth-order valence-electron chi connectivity index (χ4n) is 2.74. The van der Waals surface area contributed by atoms with E-state index >= 15 is 0 Å². The predicted octanol–water partition coefficient (Wildman–Crippen LogP) is 2.57. The van der Waals surface area contributed by atoms with Gasteiger partial charge in [0, 0.05) is 39.5 Å². The van der Waals surface area contributed by atoms with Gasteiger partial charge >= 0.3 is 6.18 Å². The van der Waals surface area contributed by atoms with Gasteiger partial charge in [0.25, 0.3) is 0 Å². The van der Waals surface area contributed by atoms with Crippen LogP contribution in [-0.4, -0.2) is 49.4 Å². The lowest BCUT2D eigenvalue weighted by molar-refractivity contribution is -0.147. The van der Waals surface area contributed by atoms with Gasteiger partial charge < -0.3 is 10.6 Å². The molecule has 0 aliphatic carbocycles. The van der Waals surface area contributed by atoms with Crippen LogP contribution in [0.15, 0.2) is 29.3 Å². The van der Waals surface area contributed by atoms with Crippen molar-refractivity contribution in [1.82, 2.24) is 15.5 Å². The summed E-state index contributed by atoms with van der Waals surface area (Å²) in [5.41, 5.74) is 0.106. The number of amides is 2. The van der Waals surface area contributed by atoms with E-state index in [9.17, 15) is 22.8 Å². The standard InChI is InChI=1S/C18H23F3N4O2.HI/c1-22-17(24-11-12-25-15(26)3-2-4-16(25)27)23-10-9-13-5-7-14(8-6-13)18(19,20)21;/h5-8H,2-4,9-12H2,1H3,(H2,22,23,24);1H. The second-order valence-corrected chi connectivity index (χ2v) is 6.16. The van der Waals surface area contributed by atoms with Crippen molar-refractivity contribution in [2.45, 2.75) is 31.9 Å². The van der Waals surface area contributed by atoms with Gasteiger partial charge in [0.2, 0.25) is 11.8 Å². The molecule has 10 heteroatoms. The number of hydrogen-bond acceptors (Lipinski definition) is 3. The molecular formula is C18H24F3IN4O2. The molecule has 1 aromatic carbocycles. The number of halogens is 4. The molecule has 28 heavy (non-hydrogen) atoms. The molecule has 1 aliphatic rings. The van der Waals surface area contributed by atoms with Crippen LogP contribution in [0.5, 0.6) is 0 Å². The Hall–Kier alpha value is -1.85. The lowest BCUT2D eigenvalue weighted by Crippen LogP contribution is -2.46. The number of alkyl halides is 3. The van der Waals surface area contributed by atoms with Crippen LogP contribution in [0.2, 0.25) is 0 Å². The van der Waals surface area contributed by atoms with E-state index in [4.69, 9.17) is 0 Å². The quantitative estimate of drug-likeness (QED) is 0.266. The van der Waals surface area contributed by atoms with Crippen molar-refractivity contribution in [2.75, 3.05) is 26.7 Å². The Labute approximate surface area is 179 Å². The largest absolute Gasteiger partial charge is 0.416 e. The highest BCUT2D eigenvalue weighted by Gasteiger charge is 2.29. The summed E-state index contributed by atoms with van der Waals surface area (Å²) in [5, 5.41) is 6.07. The van der Waals surface area contributed by atoms with Crippen molar-refractivity contribution < 1.29 is 22.8 Å². The highest BCUT2D eigenvalue weighted by Crippen LogP contribution is 2.29. The zero-order valence-corrected chi connectivity index (χ0v) is 17.8. The van der Waals surface area contributed by atoms with Crippen LogP contribution in [0.4, 0.5) is 13.2 Å². The SMILES string of the molecule is CN=C(NCCc1ccc(C(F)(F)F)cc1)NCCN1C(=O)CCCC1=O.I. The summed E-state index contributed by atoms with van der Waals surface area (Å²) in [6.45, 7) is 1.13. The lowest BCUT2D eigenvalue weighted by Gasteiger charge is -2.25. The fraction of sp³-hybridized carbons (Fsp3) is 0.500. The molecule has 1 heterocycles. The molecule has 0 aromatic heterocycles. The minimum atomic E-state index is -4.33. The summed E-state index contributed by atoms with van der Waals surface area (Å²) < 4.78 is 37.6. The van der Waals surface area contributed by atoms with Gasteiger partial charge in [0.15, 0.2) is 5.96 Å². The van der Waals surface area contributed by atoms with Gasteiger partial charge in [-0.25, -0.2) is 0 Å². The maximum absolute atomic E-state index is 12.5. The molecule has 0 spiro atoms. The van der Waals surface area contributed by atoms with Gasteiger partial charge in [-0.1, -0.05) is 12.1 Å². The third-order valence-electron chi connectivity index (χ3n) is 4.22. The van der Waals surface area contributed by atoms with Crippen molar-refractivity contribution in [1.29, 1.82) is 0 Å². The molecule has 0 radical (unpaired) electrons. The highest BCUT2D eigenvalue weighted by atomic mass is 127. The normalized spacial score (nSPS) is 15.3. The van der Waals surface area contributed by atoms with Crippen LogP contribution in [0.3, 0.4) is 0 Å². The second-order valence-electron chi connectivity index (χ2n) is 6.16. The number of carbonyl (C=O) groups is 2. The number of imide groups is 1. The molecule has 2 amide bonds. The molecule has 1 aliphatic heterocycles. The number of guanidine groups is 1. The number of nitrogens with one attached hydrogen (secondary N) is 2. The number of carbonyl (C=O) groups excluding carboxylic acids is 2. The van der Waals surface area contributed by atoms with E-state index in [0.717, 1.165) is 17.7 Å². The van der Waals surface area contributed by atoms with Crippen LogP contribution in [0.1, 0.15) is 30.4 Å². The minimum Gasteiger partial charge on any atom is -0.356 e. The van der Waals surface area contributed by atoms with Crippen molar-refractivity contribution in [3.63, 3.8) is 0 Å². The molecule has 0 atom stereocenters. The third-order valence-corrected chi connectivity index (χ3v) is 4.22. The summed E-state index contributed by atoms with van der Waals surface area (Å²) in [7, 11) is 1.59. The van der Waals surface area contributed by atoms with Crippen LogP contribution < -0.4 is 10.6 Å². The highest BCUT2D eigenvalue weighted by molar-refractivity contribution is 14.0. The minimum absolute atomic E-state index is 0. The van der Waals surface area contributed by atoms with Gasteiger partial charge in [-0.05, 0) is 30.5 Å². The molecule has 1 aromatic rings. The van der Waals surface area contributed by atoms with E-state index in [2.05, 4.69) is 15.6 Å². The Balaban J connectivity index is 0.00000392. The average molecular weight is 512 g/mol. The van der Waals surface area contributed by atoms with E-state index in [0.29, 0.717) is 44.7 Å². The van der Waals surface area contributed by atoms with Crippen molar-refractivity contribution in [3.05, 3.63) is 35.4 Å². The van der Waals surface area contributed by atoms with E-state index in [-0.39, 0.29) is 42.3 Å². The van der Waals surface area contributed by atoms with Gasteiger partial charge in [0.05, 0.1) is 5.56 Å². The number of piperidine rings is 1. The predicted molar refractivity (Wildman–Crippen MR) is 110 cm³/mol. The summed E-state index contributed by atoms with van der Waals surface area (Å²) in [6.07, 6.45) is -2.41. The molecule has 0 bridgehead atoms. The monoisotopic (exact) mass is 512 g/mol. The number of benzene rings is 1. The summed E-state index contributed by atoms with van der Waals surface area (Å²) in [4.78, 5) is 28.8. The zero-order valence-electron chi connectivity index (χ0n) is 15.5. The Kier molecular flexibility index (Phi) is 9.70. The first-order chi connectivity index (χ1) is 12.8. The number of aliphatic imine (C=N–C) groups is 1. The van der Waals surface area contributed by atoms with Crippen LogP contribution in [0, 0.1) is 0 Å². The Morgan fingerprint density at radius 3 is 2.18 bits per heavy atom. The molecule has 0 unspecified atom stereocenters. The van der Waals surface area contributed by atoms with E-state index in [1.54, 1.807) is 7.05 Å². The smallest absolute Gasteiger partial charge is 0.356 e.